The Bertz CT molecular complexity index is 1170. The molecule has 0 saturated heterocycles. The summed E-state index contributed by atoms with van der Waals surface area (Å²) in [7, 11) is 1.55. The molecule has 29 heavy (non-hydrogen) atoms. The number of benzene rings is 2. The van der Waals surface area contributed by atoms with E-state index in [9.17, 15) is 4.79 Å². The van der Waals surface area contributed by atoms with Crippen molar-refractivity contribution in [2.45, 2.75) is 13.0 Å². The molecule has 4 rings (SSSR count). The quantitative estimate of drug-likeness (QED) is 0.400. The fourth-order valence-electron chi connectivity index (χ4n) is 3.45. The van der Waals surface area contributed by atoms with Gasteiger partial charge in [-0.2, -0.15) is 0 Å². The van der Waals surface area contributed by atoms with Crippen LogP contribution >= 0.6 is 0 Å². The first-order valence-electron chi connectivity index (χ1n) is 9.39. The molecule has 0 aliphatic carbocycles. The van der Waals surface area contributed by atoms with Gasteiger partial charge in [0.25, 0.3) is 0 Å². The van der Waals surface area contributed by atoms with E-state index < -0.39 is 5.97 Å². The summed E-state index contributed by atoms with van der Waals surface area (Å²) in [6.07, 6.45) is 0. The molecule has 7 nitrogen and oxygen atoms in total. The Hall–Kier alpha value is -3.45. The van der Waals surface area contributed by atoms with Crippen molar-refractivity contribution in [1.29, 1.82) is 0 Å². The van der Waals surface area contributed by atoms with Gasteiger partial charge in [-0.1, -0.05) is 42.5 Å². The third-order valence-electron chi connectivity index (χ3n) is 4.93. The average Bonchev–Trinajstić information content (AvgIpc) is 3.03. The van der Waals surface area contributed by atoms with Crippen molar-refractivity contribution in [3.05, 3.63) is 65.7 Å². The summed E-state index contributed by atoms with van der Waals surface area (Å²) in [6, 6.07) is 17.3. The Morgan fingerprint density at radius 3 is 2.38 bits per heavy atom. The van der Waals surface area contributed by atoms with Gasteiger partial charge in [-0.05, 0) is 24.6 Å². The number of hydrogen-bond acceptors (Lipinski definition) is 6. The molecule has 7 heteroatoms. The van der Waals surface area contributed by atoms with Crippen molar-refractivity contribution in [1.82, 2.24) is 14.5 Å². The van der Waals surface area contributed by atoms with Crippen LogP contribution in [0.1, 0.15) is 28.9 Å². The fourth-order valence-corrected chi connectivity index (χ4v) is 3.45. The van der Waals surface area contributed by atoms with Crippen LogP contribution in [0.5, 0.6) is 0 Å². The van der Waals surface area contributed by atoms with Crippen LogP contribution in [-0.4, -0.2) is 40.8 Å². The monoisotopic (exact) mass is 390 g/mol. The molecule has 0 spiro atoms. The van der Waals surface area contributed by atoms with Gasteiger partial charge in [0.2, 0.25) is 0 Å². The third-order valence-corrected chi connectivity index (χ3v) is 4.93. The van der Waals surface area contributed by atoms with Crippen LogP contribution in [0.25, 0.3) is 22.2 Å². The first-order chi connectivity index (χ1) is 14.1. The number of carbonyl (C=O) groups excluding carboxylic acids is 1. The van der Waals surface area contributed by atoms with Gasteiger partial charge in [0.1, 0.15) is 23.5 Å². The van der Waals surface area contributed by atoms with Gasteiger partial charge in [-0.25, -0.2) is 14.8 Å². The van der Waals surface area contributed by atoms with Gasteiger partial charge in [-0.3, -0.25) is 0 Å². The van der Waals surface area contributed by atoms with Gasteiger partial charge in [0.05, 0.1) is 23.7 Å². The number of rotatable bonds is 6. The molecule has 0 saturated carbocycles. The number of nitrogens with two attached hydrogens (primary N) is 1. The van der Waals surface area contributed by atoms with Crippen LogP contribution in [0.2, 0.25) is 0 Å². The van der Waals surface area contributed by atoms with Crippen LogP contribution in [-0.2, 0) is 9.47 Å². The summed E-state index contributed by atoms with van der Waals surface area (Å²) in [6.45, 7) is 2.46. The normalized spacial score (nSPS) is 12.3. The molecule has 148 valence electrons. The summed E-state index contributed by atoms with van der Waals surface area (Å²) in [5.41, 5.74) is 10.2. The number of anilines is 1. The number of nitrogens with zero attached hydrogens (tertiary/aromatic N) is 3. The van der Waals surface area contributed by atoms with E-state index in [1.165, 1.54) is 0 Å². The van der Waals surface area contributed by atoms with Gasteiger partial charge in [0.15, 0.2) is 5.65 Å². The topological polar surface area (TPSA) is 92.3 Å². The first kappa shape index (κ1) is 18.9. The van der Waals surface area contributed by atoms with E-state index in [1.807, 2.05) is 66.1 Å². The van der Waals surface area contributed by atoms with E-state index in [0.717, 1.165) is 11.1 Å². The minimum absolute atomic E-state index is 0.136. The zero-order valence-corrected chi connectivity index (χ0v) is 16.3. The molecular formula is C22H22N4O3. The molecular weight excluding hydrogens is 368 g/mol. The van der Waals surface area contributed by atoms with Crippen LogP contribution in [0.4, 0.5) is 5.82 Å². The summed E-state index contributed by atoms with van der Waals surface area (Å²) >= 11 is 0. The van der Waals surface area contributed by atoms with Crippen LogP contribution in [0, 0.1) is 0 Å². The summed E-state index contributed by atoms with van der Waals surface area (Å²) < 4.78 is 12.2. The molecule has 0 fully saturated rings. The van der Waals surface area contributed by atoms with E-state index in [1.54, 1.807) is 7.11 Å². The molecule has 1 atom stereocenters. The Labute approximate surface area is 168 Å². The minimum Gasteiger partial charge on any atom is -0.459 e. The van der Waals surface area contributed by atoms with Crippen LogP contribution in [0.3, 0.4) is 0 Å². The number of methoxy groups -OCH3 is 1. The number of hydrogen-bond donors (Lipinski definition) is 1. The standard InChI is InChI=1S/C22H22N4O3/c1-14(15-8-4-3-5-9-15)26-20(23)18(22(27)29-13-12-28-2)19-21(26)25-17-11-7-6-10-16(17)24-19/h3-11,14H,12-13,23H2,1-2H3/t14-/m1/s1. The lowest BCUT2D eigenvalue weighted by Gasteiger charge is -2.17. The predicted molar refractivity (Wildman–Crippen MR) is 112 cm³/mol. The molecule has 0 radical (unpaired) electrons. The molecule has 2 heterocycles. The fraction of sp³-hybridized carbons (Fsp3) is 0.227. The van der Waals surface area contributed by atoms with E-state index in [4.69, 9.17) is 20.2 Å². The highest BCUT2D eigenvalue weighted by Crippen LogP contribution is 2.33. The highest BCUT2D eigenvalue weighted by Gasteiger charge is 2.27. The predicted octanol–water partition coefficient (Wildman–Crippen LogP) is 3.58. The number of carbonyl (C=O) groups is 1. The molecule has 0 amide bonds. The number of aromatic nitrogens is 3. The largest absolute Gasteiger partial charge is 0.459 e. The Kier molecular flexibility index (Phi) is 5.14. The second-order valence-corrected chi connectivity index (χ2v) is 6.73. The summed E-state index contributed by atoms with van der Waals surface area (Å²) in [5, 5.41) is 0. The van der Waals surface area contributed by atoms with Crippen molar-refractivity contribution in [3.8, 4) is 0 Å². The van der Waals surface area contributed by atoms with Crippen molar-refractivity contribution < 1.29 is 14.3 Å². The Balaban J connectivity index is 1.93. The van der Waals surface area contributed by atoms with E-state index in [2.05, 4.69) is 4.98 Å². The SMILES string of the molecule is COCCOC(=O)c1c(N)n([C@H](C)c2ccccc2)c2nc3ccccc3nc12. The maximum atomic E-state index is 12.8. The lowest BCUT2D eigenvalue weighted by Crippen LogP contribution is -2.14. The second kappa shape index (κ2) is 7.89. The maximum absolute atomic E-state index is 12.8. The molecule has 0 bridgehead atoms. The van der Waals surface area contributed by atoms with Crippen molar-refractivity contribution in [3.63, 3.8) is 0 Å². The number of para-hydroxylation sites is 2. The highest BCUT2D eigenvalue weighted by atomic mass is 16.6. The average molecular weight is 390 g/mol. The van der Waals surface area contributed by atoms with Gasteiger partial charge in [0, 0.05) is 7.11 Å². The number of ether oxygens (including phenoxy) is 2. The van der Waals surface area contributed by atoms with E-state index >= 15 is 0 Å². The van der Waals surface area contributed by atoms with Crippen LogP contribution in [0.15, 0.2) is 54.6 Å². The number of nitrogen functional groups attached to an aromatic ring is 1. The Morgan fingerprint density at radius 1 is 1.03 bits per heavy atom. The lowest BCUT2D eigenvalue weighted by atomic mass is 10.1. The lowest BCUT2D eigenvalue weighted by molar-refractivity contribution is 0.0391. The van der Waals surface area contributed by atoms with Crippen LogP contribution < -0.4 is 5.73 Å². The highest BCUT2D eigenvalue weighted by molar-refractivity contribution is 6.08. The molecule has 4 aromatic rings. The first-order valence-corrected chi connectivity index (χ1v) is 9.39. The maximum Gasteiger partial charge on any atom is 0.344 e. The minimum atomic E-state index is -0.534. The molecule has 2 N–H and O–H groups in total. The molecule has 0 aliphatic heterocycles. The van der Waals surface area contributed by atoms with Crippen molar-refractivity contribution in [2.24, 2.45) is 0 Å². The van der Waals surface area contributed by atoms with E-state index in [-0.39, 0.29) is 24.0 Å². The summed E-state index contributed by atoms with van der Waals surface area (Å²) in [5.74, 6) is -0.248. The second-order valence-electron chi connectivity index (χ2n) is 6.73. The summed E-state index contributed by atoms with van der Waals surface area (Å²) in [4.78, 5) is 22.3. The van der Waals surface area contributed by atoms with Gasteiger partial charge < -0.3 is 19.8 Å². The number of esters is 1. The smallest absolute Gasteiger partial charge is 0.344 e. The third kappa shape index (κ3) is 3.40. The van der Waals surface area contributed by atoms with Gasteiger partial charge >= 0.3 is 5.97 Å². The zero-order valence-electron chi connectivity index (χ0n) is 16.3. The van der Waals surface area contributed by atoms with Crippen molar-refractivity contribution >= 4 is 34.0 Å². The van der Waals surface area contributed by atoms with E-state index in [0.29, 0.717) is 23.3 Å². The molecule has 0 unspecified atom stereocenters. The van der Waals surface area contributed by atoms with Gasteiger partial charge in [-0.15, -0.1) is 0 Å². The number of fused-ring (bicyclic) bond motifs is 2. The molecule has 2 aromatic carbocycles. The molecule has 0 aliphatic rings. The Morgan fingerprint density at radius 2 is 1.69 bits per heavy atom. The zero-order chi connectivity index (χ0) is 20.4. The molecule has 2 aromatic heterocycles. The van der Waals surface area contributed by atoms with Crippen molar-refractivity contribution in [2.75, 3.05) is 26.1 Å².